The maximum Gasteiger partial charge on any atom is 0.271 e. The molecule has 5 aromatic rings. The van der Waals surface area contributed by atoms with E-state index in [1.165, 1.54) is 12.1 Å². The molecule has 1 unspecified atom stereocenters. The summed E-state index contributed by atoms with van der Waals surface area (Å²) in [6.45, 7) is 1.81. The van der Waals surface area contributed by atoms with Gasteiger partial charge in [0.1, 0.15) is 5.82 Å². The number of carbonyl (C=O) groups excluding carboxylic acids is 1. The molecular weight excluding hydrogens is 418 g/mol. The van der Waals surface area contributed by atoms with Gasteiger partial charge in [-0.05, 0) is 25.1 Å². The van der Waals surface area contributed by atoms with Gasteiger partial charge in [0.15, 0.2) is 0 Å². The molecule has 3 aromatic carbocycles. The van der Waals surface area contributed by atoms with Crippen LogP contribution < -0.4 is 5.32 Å². The van der Waals surface area contributed by atoms with Gasteiger partial charge in [0.25, 0.3) is 11.6 Å². The molecule has 0 fully saturated rings. The number of hydrogen-bond acceptors (Lipinski definition) is 5. The van der Waals surface area contributed by atoms with Crippen LogP contribution in [0.15, 0.2) is 78.9 Å². The quantitative estimate of drug-likeness (QED) is 0.291. The Hall–Kier alpha value is -4.59. The van der Waals surface area contributed by atoms with E-state index in [1.807, 2.05) is 61.5 Å². The fourth-order valence-electron chi connectivity index (χ4n) is 3.80. The number of carbonyl (C=O) groups is 1. The number of aromatic nitrogens is 3. The number of amides is 1. The van der Waals surface area contributed by atoms with Crippen LogP contribution in [-0.2, 0) is 0 Å². The number of nitrogens with zero attached hydrogens (tertiary/aromatic N) is 3. The van der Waals surface area contributed by atoms with Crippen LogP contribution in [0.1, 0.15) is 29.1 Å². The van der Waals surface area contributed by atoms with Gasteiger partial charge in [-0.1, -0.05) is 48.5 Å². The van der Waals surface area contributed by atoms with Crippen molar-refractivity contribution >= 4 is 33.5 Å². The van der Waals surface area contributed by atoms with Gasteiger partial charge in [-0.25, -0.2) is 9.97 Å². The van der Waals surface area contributed by atoms with Crippen molar-refractivity contribution in [1.82, 2.24) is 20.3 Å². The van der Waals surface area contributed by atoms with Crippen molar-refractivity contribution in [2.75, 3.05) is 0 Å². The standard InChI is InChI=1S/C25H19N5O3/c1-15(24-28-21-12-11-17(30(32)33)13-23(21)29-24)26-25(31)19-14-22(16-7-3-2-4-8-16)27-20-10-6-5-9-18(19)20/h2-15H,1H3,(H,26,31)(H,28,29). The van der Waals surface area contributed by atoms with E-state index >= 15 is 0 Å². The summed E-state index contributed by atoms with van der Waals surface area (Å²) in [4.78, 5) is 36.2. The number of nitro benzene ring substituents is 1. The van der Waals surface area contributed by atoms with Crippen LogP contribution in [0.25, 0.3) is 33.2 Å². The number of benzene rings is 3. The second-order valence-electron chi connectivity index (χ2n) is 7.71. The highest BCUT2D eigenvalue weighted by Gasteiger charge is 2.19. The summed E-state index contributed by atoms with van der Waals surface area (Å²) in [6, 6.07) is 23.0. The minimum Gasteiger partial charge on any atom is -0.342 e. The van der Waals surface area contributed by atoms with Gasteiger partial charge in [-0.2, -0.15) is 0 Å². The van der Waals surface area contributed by atoms with Gasteiger partial charge in [-0.3, -0.25) is 14.9 Å². The van der Waals surface area contributed by atoms with E-state index in [0.29, 0.717) is 28.1 Å². The topological polar surface area (TPSA) is 114 Å². The molecule has 5 rings (SSSR count). The van der Waals surface area contributed by atoms with E-state index in [2.05, 4.69) is 15.3 Å². The Morgan fingerprint density at radius 1 is 0.970 bits per heavy atom. The number of pyridine rings is 1. The molecule has 0 aliphatic rings. The molecule has 0 saturated heterocycles. The number of imidazole rings is 1. The van der Waals surface area contributed by atoms with Crippen LogP contribution in [0.5, 0.6) is 0 Å². The van der Waals surface area contributed by atoms with E-state index < -0.39 is 11.0 Å². The predicted molar refractivity (Wildman–Crippen MR) is 126 cm³/mol. The van der Waals surface area contributed by atoms with Gasteiger partial charge in [0, 0.05) is 23.1 Å². The number of fused-ring (bicyclic) bond motifs is 2. The zero-order chi connectivity index (χ0) is 22.9. The maximum absolute atomic E-state index is 13.3. The Bertz CT molecular complexity index is 1510. The number of nitro groups is 1. The lowest BCUT2D eigenvalue weighted by atomic mass is 10.0. The Morgan fingerprint density at radius 3 is 2.52 bits per heavy atom. The normalized spacial score (nSPS) is 12.0. The Labute approximate surface area is 188 Å². The highest BCUT2D eigenvalue weighted by molar-refractivity contribution is 6.07. The third-order valence-electron chi connectivity index (χ3n) is 5.48. The van der Waals surface area contributed by atoms with Crippen LogP contribution in [-0.4, -0.2) is 25.8 Å². The molecule has 0 saturated carbocycles. The van der Waals surface area contributed by atoms with Gasteiger partial charge in [0.05, 0.1) is 38.8 Å². The first kappa shape index (κ1) is 20.3. The monoisotopic (exact) mass is 437 g/mol. The van der Waals surface area contributed by atoms with Gasteiger partial charge < -0.3 is 10.3 Å². The van der Waals surface area contributed by atoms with Gasteiger partial charge in [0.2, 0.25) is 0 Å². The number of aromatic amines is 1. The molecule has 0 bridgehead atoms. The van der Waals surface area contributed by atoms with Crippen LogP contribution in [0, 0.1) is 10.1 Å². The molecular formula is C25H19N5O3. The second kappa shape index (κ2) is 8.16. The first-order chi connectivity index (χ1) is 16.0. The molecule has 0 radical (unpaired) electrons. The highest BCUT2D eigenvalue weighted by atomic mass is 16.6. The van der Waals surface area contributed by atoms with Crippen LogP contribution >= 0.6 is 0 Å². The fourth-order valence-corrected chi connectivity index (χ4v) is 3.80. The Morgan fingerprint density at radius 2 is 1.73 bits per heavy atom. The first-order valence-electron chi connectivity index (χ1n) is 10.4. The molecule has 8 heteroatoms. The van der Waals surface area contributed by atoms with Crippen molar-refractivity contribution in [3.05, 3.63) is 100 Å². The molecule has 0 aliphatic carbocycles. The lowest BCUT2D eigenvalue weighted by Gasteiger charge is -2.14. The molecule has 33 heavy (non-hydrogen) atoms. The average molecular weight is 437 g/mol. The summed E-state index contributed by atoms with van der Waals surface area (Å²) < 4.78 is 0. The number of H-pyrrole nitrogens is 1. The Kier molecular flexibility index (Phi) is 5.02. The molecule has 0 spiro atoms. The summed E-state index contributed by atoms with van der Waals surface area (Å²) >= 11 is 0. The largest absolute Gasteiger partial charge is 0.342 e. The molecule has 2 N–H and O–H groups in total. The SMILES string of the molecule is CC(NC(=O)c1cc(-c2ccccc2)nc2ccccc12)c1nc2ccc([N+](=O)[O-])cc2[nH]1. The van der Waals surface area contributed by atoms with Gasteiger partial charge in [-0.15, -0.1) is 0 Å². The van der Waals surface area contributed by atoms with E-state index in [0.717, 1.165) is 16.5 Å². The van der Waals surface area contributed by atoms with Crippen molar-refractivity contribution in [3.8, 4) is 11.3 Å². The zero-order valence-electron chi connectivity index (χ0n) is 17.6. The van der Waals surface area contributed by atoms with E-state index in [4.69, 9.17) is 4.98 Å². The van der Waals surface area contributed by atoms with Crippen molar-refractivity contribution in [2.24, 2.45) is 0 Å². The highest BCUT2D eigenvalue weighted by Crippen LogP contribution is 2.26. The summed E-state index contributed by atoms with van der Waals surface area (Å²) in [7, 11) is 0. The smallest absolute Gasteiger partial charge is 0.271 e. The van der Waals surface area contributed by atoms with Crippen molar-refractivity contribution in [3.63, 3.8) is 0 Å². The van der Waals surface area contributed by atoms with Crippen LogP contribution in [0.3, 0.4) is 0 Å². The van der Waals surface area contributed by atoms with E-state index in [-0.39, 0.29) is 11.6 Å². The zero-order valence-corrected chi connectivity index (χ0v) is 17.6. The summed E-state index contributed by atoms with van der Waals surface area (Å²) in [6.07, 6.45) is 0. The fraction of sp³-hybridized carbons (Fsp3) is 0.0800. The molecule has 1 amide bonds. The molecule has 2 aromatic heterocycles. The van der Waals surface area contributed by atoms with E-state index in [9.17, 15) is 14.9 Å². The third-order valence-corrected chi connectivity index (χ3v) is 5.48. The summed E-state index contributed by atoms with van der Waals surface area (Å²) in [5, 5.41) is 14.8. The van der Waals surface area contributed by atoms with Crippen LogP contribution in [0.2, 0.25) is 0 Å². The predicted octanol–water partition coefficient (Wildman–Crippen LogP) is 5.18. The lowest BCUT2D eigenvalue weighted by molar-refractivity contribution is -0.384. The molecule has 162 valence electrons. The molecule has 8 nitrogen and oxygen atoms in total. The number of nitrogens with one attached hydrogen (secondary N) is 2. The van der Waals surface area contributed by atoms with Crippen LogP contribution in [0.4, 0.5) is 5.69 Å². The third kappa shape index (κ3) is 3.89. The number of para-hydroxylation sites is 1. The van der Waals surface area contributed by atoms with Crippen molar-refractivity contribution in [1.29, 1.82) is 0 Å². The van der Waals surface area contributed by atoms with Crippen molar-refractivity contribution < 1.29 is 9.72 Å². The molecule has 0 aliphatic heterocycles. The number of rotatable bonds is 5. The molecule has 2 heterocycles. The van der Waals surface area contributed by atoms with E-state index in [1.54, 1.807) is 12.1 Å². The number of non-ortho nitro benzene ring substituents is 1. The van der Waals surface area contributed by atoms with Gasteiger partial charge >= 0.3 is 0 Å². The minimum absolute atomic E-state index is 0.0221. The summed E-state index contributed by atoms with van der Waals surface area (Å²) in [5.74, 6) is 0.255. The average Bonchev–Trinajstić information content (AvgIpc) is 3.27. The Balaban J connectivity index is 1.48. The molecule has 1 atom stereocenters. The first-order valence-corrected chi connectivity index (χ1v) is 10.4. The maximum atomic E-state index is 13.3. The number of hydrogen-bond donors (Lipinski definition) is 2. The minimum atomic E-state index is -0.454. The summed E-state index contributed by atoms with van der Waals surface area (Å²) in [5.41, 5.74) is 3.99. The second-order valence-corrected chi connectivity index (χ2v) is 7.71. The van der Waals surface area contributed by atoms with Crippen molar-refractivity contribution in [2.45, 2.75) is 13.0 Å². The lowest BCUT2D eigenvalue weighted by Crippen LogP contribution is -2.27.